The van der Waals surface area contributed by atoms with Crippen LogP contribution >= 0.6 is 0 Å². The Hall–Kier alpha value is -1.69. The maximum atomic E-state index is 13.4. The summed E-state index contributed by atoms with van der Waals surface area (Å²) in [7, 11) is -3.51. The number of nitrogens with two attached hydrogens (primary N) is 1. The van der Waals surface area contributed by atoms with Crippen LogP contribution in [0.4, 0.5) is 0 Å². The van der Waals surface area contributed by atoms with Crippen molar-refractivity contribution in [2.24, 2.45) is 11.1 Å². The third-order valence-corrected chi connectivity index (χ3v) is 8.10. The van der Waals surface area contributed by atoms with Gasteiger partial charge in [-0.1, -0.05) is 48.9 Å². The Bertz CT molecular complexity index is 875. The minimum absolute atomic E-state index is 0.147. The van der Waals surface area contributed by atoms with Crippen LogP contribution in [0.25, 0.3) is 0 Å². The van der Waals surface area contributed by atoms with Gasteiger partial charge in [0.25, 0.3) is 0 Å². The van der Waals surface area contributed by atoms with Crippen molar-refractivity contribution in [1.82, 2.24) is 0 Å². The molecule has 3 rings (SSSR count). The molecule has 3 atom stereocenters. The van der Waals surface area contributed by atoms with Gasteiger partial charge in [0, 0.05) is 24.5 Å². The van der Waals surface area contributed by atoms with E-state index in [2.05, 4.69) is 19.1 Å². The second kappa shape index (κ2) is 7.74. The normalized spacial score (nSPS) is 24.7. The molecule has 0 amide bonds. The molecule has 27 heavy (non-hydrogen) atoms. The molecular weight excluding hydrogens is 358 g/mol. The Labute approximate surface area is 162 Å². The number of hydrogen-bond acceptors (Lipinski definition) is 4. The van der Waals surface area contributed by atoms with Crippen molar-refractivity contribution >= 4 is 9.84 Å². The number of sulfone groups is 1. The average molecular weight is 388 g/mol. The summed E-state index contributed by atoms with van der Waals surface area (Å²) in [6.07, 6.45) is 0.955. The van der Waals surface area contributed by atoms with Gasteiger partial charge in [-0.05, 0) is 43.5 Å². The quantitative estimate of drug-likeness (QED) is 0.753. The van der Waals surface area contributed by atoms with Gasteiger partial charge < -0.3 is 10.5 Å². The van der Waals surface area contributed by atoms with Gasteiger partial charge in [0.15, 0.2) is 9.84 Å². The van der Waals surface area contributed by atoms with E-state index in [1.54, 1.807) is 12.1 Å². The van der Waals surface area contributed by atoms with Gasteiger partial charge in [-0.25, -0.2) is 8.42 Å². The van der Waals surface area contributed by atoms with Gasteiger partial charge >= 0.3 is 0 Å². The Kier molecular flexibility index (Phi) is 5.75. The molecule has 0 saturated heterocycles. The maximum Gasteiger partial charge on any atom is 0.182 e. The molecule has 0 heterocycles. The van der Waals surface area contributed by atoms with E-state index in [4.69, 9.17) is 10.5 Å². The third kappa shape index (κ3) is 3.56. The summed E-state index contributed by atoms with van der Waals surface area (Å²) in [5, 5.41) is -0.559. The van der Waals surface area contributed by atoms with Gasteiger partial charge in [0.2, 0.25) is 0 Å². The standard InChI is InChI=1S/C22H29NO3S/c1-4-17-8-10-18(11-9-17)20-21(22(20,14-23)15-26-5-2)27(24,25)19-12-6-16(3)7-13-19/h6-13,20-21H,4-5,14-15,23H2,1-3H3/t20-,21+,22+/m1/s1. The number of ether oxygens (including phenoxy) is 1. The van der Waals surface area contributed by atoms with Crippen LogP contribution in [0.3, 0.4) is 0 Å². The van der Waals surface area contributed by atoms with Crippen molar-refractivity contribution in [3.63, 3.8) is 0 Å². The van der Waals surface area contributed by atoms with Crippen LogP contribution < -0.4 is 5.73 Å². The van der Waals surface area contributed by atoms with Crippen LogP contribution in [0.1, 0.15) is 36.5 Å². The molecule has 146 valence electrons. The van der Waals surface area contributed by atoms with Gasteiger partial charge in [-0.3, -0.25) is 0 Å². The summed E-state index contributed by atoms with van der Waals surface area (Å²) >= 11 is 0. The summed E-state index contributed by atoms with van der Waals surface area (Å²) in [6, 6.07) is 15.3. The predicted molar refractivity (Wildman–Crippen MR) is 109 cm³/mol. The maximum absolute atomic E-state index is 13.4. The van der Waals surface area contributed by atoms with Crippen molar-refractivity contribution in [3.05, 3.63) is 65.2 Å². The molecule has 4 nitrogen and oxygen atoms in total. The topological polar surface area (TPSA) is 69.4 Å². The molecule has 0 spiro atoms. The van der Waals surface area contributed by atoms with Crippen molar-refractivity contribution in [2.75, 3.05) is 19.8 Å². The molecule has 1 aliphatic rings. The lowest BCUT2D eigenvalue weighted by atomic mass is 9.99. The first kappa shape index (κ1) is 20.1. The highest BCUT2D eigenvalue weighted by molar-refractivity contribution is 7.92. The lowest BCUT2D eigenvalue weighted by Gasteiger charge is -2.16. The zero-order valence-electron chi connectivity index (χ0n) is 16.3. The van der Waals surface area contributed by atoms with Gasteiger partial charge in [0.05, 0.1) is 16.8 Å². The molecule has 0 bridgehead atoms. The van der Waals surface area contributed by atoms with Gasteiger partial charge in [-0.15, -0.1) is 0 Å². The van der Waals surface area contributed by atoms with Gasteiger partial charge in [-0.2, -0.15) is 0 Å². The smallest absolute Gasteiger partial charge is 0.182 e. The molecular formula is C22H29NO3S. The lowest BCUT2D eigenvalue weighted by molar-refractivity contribution is 0.101. The first-order chi connectivity index (χ1) is 12.9. The Morgan fingerprint density at radius 1 is 1.04 bits per heavy atom. The largest absolute Gasteiger partial charge is 0.381 e. The predicted octanol–water partition coefficient (Wildman–Crippen LogP) is 3.48. The first-order valence-corrected chi connectivity index (χ1v) is 11.1. The second-order valence-electron chi connectivity index (χ2n) is 7.43. The van der Waals surface area contributed by atoms with E-state index < -0.39 is 20.5 Å². The third-order valence-electron chi connectivity index (χ3n) is 5.77. The van der Waals surface area contributed by atoms with E-state index in [1.165, 1.54) is 5.56 Å². The van der Waals surface area contributed by atoms with Crippen LogP contribution in [0.2, 0.25) is 0 Å². The lowest BCUT2D eigenvalue weighted by Crippen LogP contribution is -2.29. The first-order valence-electron chi connectivity index (χ1n) is 9.58. The molecule has 2 aromatic carbocycles. The number of rotatable bonds is 8. The number of aryl methyl sites for hydroxylation is 2. The summed E-state index contributed by atoms with van der Waals surface area (Å²) in [4.78, 5) is 0.361. The van der Waals surface area contributed by atoms with Crippen molar-refractivity contribution < 1.29 is 13.2 Å². The summed E-state index contributed by atoms with van der Waals surface area (Å²) < 4.78 is 32.6. The minimum Gasteiger partial charge on any atom is -0.381 e. The Morgan fingerprint density at radius 3 is 2.19 bits per heavy atom. The molecule has 0 radical (unpaired) electrons. The van der Waals surface area contributed by atoms with E-state index in [0.717, 1.165) is 17.5 Å². The fourth-order valence-corrected chi connectivity index (χ4v) is 6.49. The monoisotopic (exact) mass is 387 g/mol. The van der Waals surface area contributed by atoms with E-state index in [9.17, 15) is 8.42 Å². The second-order valence-corrected chi connectivity index (χ2v) is 9.50. The summed E-state index contributed by atoms with van der Waals surface area (Å²) in [6.45, 7) is 7.15. The molecule has 1 aliphatic carbocycles. The Morgan fingerprint density at radius 2 is 1.67 bits per heavy atom. The van der Waals surface area contributed by atoms with Crippen LogP contribution in [0.5, 0.6) is 0 Å². The van der Waals surface area contributed by atoms with Crippen LogP contribution in [0.15, 0.2) is 53.4 Å². The van der Waals surface area contributed by atoms with Crippen molar-refractivity contribution in [3.8, 4) is 0 Å². The highest BCUT2D eigenvalue weighted by Gasteiger charge is 2.70. The summed E-state index contributed by atoms with van der Waals surface area (Å²) in [5.41, 5.74) is 8.86. The molecule has 0 unspecified atom stereocenters. The van der Waals surface area contributed by atoms with E-state index in [1.807, 2.05) is 38.1 Å². The molecule has 5 heteroatoms. The summed E-state index contributed by atoms with van der Waals surface area (Å²) in [5.74, 6) is -0.147. The molecule has 1 fully saturated rings. The zero-order valence-corrected chi connectivity index (χ0v) is 17.1. The highest BCUT2D eigenvalue weighted by Crippen LogP contribution is 2.63. The van der Waals surface area contributed by atoms with Crippen molar-refractivity contribution in [1.29, 1.82) is 0 Å². The van der Waals surface area contributed by atoms with E-state index in [-0.39, 0.29) is 12.5 Å². The SMILES string of the molecule is CCOC[C@@]1(CN)[C@H](c2ccc(CC)cc2)[C@@H]1S(=O)(=O)c1ccc(C)cc1. The fraction of sp³-hybridized carbons (Fsp3) is 0.455. The number of hydrogen-bond donors (Lipinski definition) is 1. The van der Waals surface area contributed by atoms with Crippen LogP contribution in [-0.4, -0.2) is 33.4 Å². The molecule has 1 saturated carbocycles. The molecule has 0 aromatic heterocycles. The highest BCUT2D eigenvalue weighted by atomic mass is 32.2. The fourth-order valence-electron chi connectivity index (χ4n) is 4.05. The van der Waals surface area contributed by atoms with Crippen LogP contribution in [-0.2, 0) is 21.0 Å². The number of benzene rings is 2. The Balaban J connectivity index is 2.02. The molecule has 0 aliphatic heterocycles. The van der Waals surface area contributed by atoms with Crippen molar-refractivity contribution in [2.45, 2.75) is 43.3 Å². The van der Waals surface area contributed by atoms with E-state index in [0.29, 0.717) is 18.1 Å². The average Bonchev–Trinajstić information content (AvgIpc) is 3.37. The molecule has 2 N–H and O–H groups in total. The minimum atomic E-state index is -3.51. The van der Waals surface area contributed by atoms with Gasteiger partial charge in [0.1, 0.15) is 0 Å². The van der Waals surface area contributed by atoms with E-state index >= 15 is 0 Å². The zero-order chi connectivity index (χ0) is 19.7. The molecule has 2 aromatic rings. The van der Waals surface area contributed by atoms with Crippen LogP contribution in [0, 0.1) is 12.3 Å².